The molecule has 7 nitrogen and oxygen atoms in total. The van der Waals surface area contributed by atoms with E-state index in [-0.39, 0.29) is 23.5 Å². The van der Waals surface area contributed by atoms with Gasteiger partial charge >= 0.3 is 5.97 Å². The highest BCUT2D eigenvalue weighted by Gasteiger charge is 2.43. The Morgan fingerprint density at radius 3 is 2.26 bits per heavy atom. The Bertz CT molecular complexity index is 1020. The number of rotatable bonds is 7. The molecule has 162 valence electrons. The highest BCUT2D eigenvalue weighted by Crippen LogP contribution is 2.28. The summed E-state index contributed by atoms with van der Waals surface area (Å²) in [6.07, 6.45) is 0.213. The number of hydrogen-bond acceptors (Lipinski definition) is 5. The van der Waals surface area contributed by atoms with Gasteiger partial charge in [-0.2, -0.15) is 0 Å². The molecule has 0 aromatic heterocycles. The molecule has 9 heteroatoms. The normalized spacial score (nSPS) is 13.9. The van der Waals surface area contributed by atoms with Gasteiger partial charge in [-0.25, -0.2) is 4.79 Å². The smallest absolute Gasteiger partial charge is 0.329 e. The van der Waals surface area contributed by atoms with Crippen molar-refractivity contribution in [1.29, 1.82) is 0 Å². The maximum atomic E-state index is 12.8. The predicted octanol–water partition coefficient (Wildman–Crippen LogP) is 4.30. The second-order valence-corrected chi connectivity index (χ2v) is 8.77. The molecule has 2 aromatic rings. The van der Waals surface area contributed by atoms with E-state index in [4.69, 9.17) is 16.3 Å². The molecule has 0 saturated carbocycles. The number of benzene rings is 2. The molecular weight excluding hydrogens is 488 g/mol. The van der Waals surface area contributed by atoms with E-state index in [0.29, 0.717) is 10.7 Å². The van der Waals surface area contributed by atoms with Crippen LogP contribution in [0.1, 0.15) is 41.0 Å². The second-order valence-electron chi connectivity index (χ2n) is 7.45. The maximum absolute atomic E-state index is 12.8. The molecule has 0 unspecified atom stereocenters. The van der Waals surface area contributed by atoms with Crippen LogP contribution in [0.15, 0.2) is 46.9 Å². The lowest BCUT2D eigenvalue weighted by molar-refractivity contribution is -0.151. The van der Waals surface area contributed by atoms with E-state index < -0.39 is 36.3 Å². The molecule has 1 aliphatic rings. The van der Waals surface area contributed by atoms with Crippen molar-refractivity contribution in [3.63, 3.8) is 0 Å². The number of ether oxygens (including phenoxy) is 1. The van der Waals surface area contributed by atoms with E-state index in [2.05, 4.69) is 21.2 Å². The molecule has 0 radical (unpaired) electrons. The third-order valence-corrected chi connectivity index (χ3v) is 5.46. The van der Waals surface area contributed by atoms with Gasteiger partial charge in [0.05, 0.1) is 21.8 Å². The van der Waals surface area contributed by atoms with Crippen LogP contribution in [0.2, 0.25) is 5.02 Å². The fourth-order valence-corrected chi connectivity index (χ4v) is 3.98. The average Bonchev–Trinajstić information content (AvgIpc) is 2.97. The van der Waals surface area contributed by atoms with Crippen LogP contribution in [0, 0.1) is 5.92 Å². The number of halogens is 2. The highest BCUT2D eigenvalue weighted by molar-refractivity contribution is 9.10. The first-order valence-electron chi connectivity index (χ1n) is 9.57. The number of carbonyl (C=O) groups excluding carboxylic acids is 4. The standard InChI is InChI=1S/C22H20BrClN2O5/c1-12(2)9-18(26-20(28)14-5-3-4-6-15(14)21(26)29)22(30)31-11-19(27)25-17-8-7-13(23)10-16(17)24/h3-8,10,12,18H,9,11H2,1-2H3,(H,25,27)/t18-/m1/s1. The molecule has 3 amide bonds. The van der Waals surface area contributed by atoms with Gasteiger partial charge in [0, 0.05) is 4.47 Å². The summed E-state index contributed by atoms with van der Waals surface area (Å²) >= 11 is 9.35. The van der Waals surface area contributed by atoms with Crippen LogP contribution in [0.4, 0.5) is 5.69 Å². The van der Waals surface area contributed by atoms with Gasteiger partial charge in [0.1, 0.15) is 6.04 Å². The number of amides is 3. The summed E-state index contributed by atoms with van der Waals surface area (Å²) in [7, 11) is 0. The van der Waals surface area contributed by atoms with Crippen molar-refractivity contribution in [2.75, 3.05) is 11.9 Å². The molecular formula is C22H20BrClN2O5. The molecule has 0 aliphatic carbocycles. The molecule has 1 N–H and O–H groups in total. The van der Waals surface area contributed by atoms with Crippen molar-refractivity contribution < 1.29 is 23.9 Å². The van der Waals surface area contributed by atoms with Crippen LogP contribution in [-0.4, -0.2) is 41.2 Å². The van der Waals surface area contributed by atoms with E-state index in [0.717, 1.165) is 9.37 Å². The first kappa shape index (κ1) is 23.0. The van der Waals surface area contributed by atoms with Crippen molar-refractivity contribution in [2.24, 2.45) is 5.92 Å². The molecule has 31 heavy (non-hydrogen) atoms. The minimum absolute atomic E-state index is 0.00254. The molecule has 0 fully saturated rings. The van der Waals surface area contributed by atoms with E-state index in [1.54, 1.807) is 42.5 Å². The lowest BCUT2D eigenvalue weighted by Gasteiger charge is -2.25. The van der Waals surface area contributed by atoms with Crippen LogP contribution >= 0.6 is 27.5 Å². The molecule has 1 atom stereocenters. The van der Waals surface area contributed by atoms with Crippen molar-refractivity contribution in [3.8, 4) is 0 Å². The van der Waals surface area contributed by atoms with Gasteiger partial charge in [-0.1, -0.05) is 53.5 Å². The van der Waals surface area contributed by atoms with Crippen LogP contribution < -0.4 is 5.32 Å². The summed E-state index contributed by atoms with van der Waals surface area (Å²) < 4.78 is 5.91. The first-order valence-corrected chi connectivity index (χ1v) is 10.7. The monoisotopic (exact) mass is 506 g/mol. The van der Waals surface area contributed by atoms with Crippen molar-refractivity contribution in [1.82, 2.24) is 4.90 Å². The van der Waals surface area contributed by atoms with Crippen LogP contribution in [0.25, 0.3) is 0 Å². The van der Waals surface area contributed by atoms with Crippen molar-refractivity contribution in [3.05, 3.63) is 63.1 Å². The van der Waals surface area contributed by atoms with Crippen molar-refractivity contribution in [2.45, 2.75) is 26.3 Å². The SMILES string of the molecule is CC(C)C[C@H](C(=O)OCC(=O)Nc1ccc(Br)cc1Cl)N1C(=O)c2ccccc2C1=O. The number of hydrogen-bond donors (Lipinski definition) is 1. The van der Waals surface area contributed by atoms with E-state index in [1.807, 2.05) is 13.8 Å². The Hall–Kier alpha value is -2.71. The Morgan fingerprint density at radius 1 is 1.10 bits per heavy atom. The molecule has 0 spiro atoms. The first-order chi connectivity index (χ1) is 14.7. The van der Waals surface area contributed by atoms with Crippen LogP contribution in [0.3, 0.4) is 0 Å². The Balaban J connectivity index is 1.70. The third-order valence-electron chi connectivity index (χ3n) is 4.65. The number of anilines is 1. The molecule has 3 rings (SSSR count). The van der Waals surface area contributed by atoms with Gasteiger partial charge in [0.25, 0.3) is 17.7 Å². The van der Waals surface area contributed by atoms with Crippen LogP contribution in [-0.2, 0) is 14.3 Å². The lowest BCUT2D eigenvalue weighted by Crippen LogP contribution is -2.46. The zero-order chi connectivity index (χ0) is 22.7. The minimum Gasteiger partial charge on any atom is -0.454 e. The van der Waals surface area contributed by atoms with E-state index >= 15 is 0 Å². The molecule has 0 saturated heterocycles. The molecule has 0 bridgehead atoms. The van der Waals surface area contributed by atoms with Gasteiger partial charge in [0.2, 0.25) is 0 Å². The largest absolute Gasteiger partial charge is 0.454 e. The van der Waals surface area contributed by atoms with Gasteiger partial charge in [0.15, 0.2) is 6.61 Å². The molecule has 1 aliphatic heterocycles. The molecule has 2 aromatic carbocycles. The zero-order valence-corrected chi connectivity index (χ0v) is 19.2. The number of imide groups is 1. The Labute approximate surface area is 192 Å². The fourth-order valence-electron chi connectivity index (χ4n) is 3.25. The van der Waals surface area contributed by atoms with Gasteiger partial charge in [-0.15, -0.1) is 0 Å². The number of esters is 1. The van der Waals surface area contributed by atoms with E-state index in [1.165, 1.54) is 0 Å². The predicted molar refractivity (Wildman–Crippen MR) is 119 cm³/mol. The Kier molecular flexibility index (Phi) is 7.12. The van der Waals surface area contributed by atoms with Gasteiger partial charge in [-0.05, 0) is 42.7 Å². The Morgan fingerprint density at radius 2 is 1.71 bits per heavy atom. The molecule has 1 heterocycles. The van der Waals surface area contributed by atoms with Crippen LogP contribution in [0.5, 0.6) is 0 Å². The average molecular weight is 508 g/mol. The number of nitrogens with one attached hydrogen (secondary N) is 1. The highest BCUT2D eigenvalue weighted by atomic mass is 79.9. The number of carbonyl (C=O) groups is 4. The summed E-state index contributed by atoms with van der Waals surface area (Å²) in [5.41, 5.74) is 0.860. The maximum Gasteiger partial charge on any atom is 0.329 e. The van der Waals surface area contributed by atoms with Crippen molar-refractivity contribution >= 4 is 56.9 Å². The quantitative estimate of drug-likeness (QED) is 0.446. The number of fused-ring (bicyclic) bond motifs is 1. The zero-order valence-electron chi connectivity index (χ0n) is 16.9. The van der Waals surface area contributed by atoms with Gasteiger partial charge in [-0.3, -0.25) is 19.3 Å². The topological polar surface area (TPSA) is 92.8 Å². The number of nitrogens with zero attached hydrogens (tertiary/aromatic N) is 1. The summed E-state index contributed by atoms with van der Waals surface area (Å²) in [6.45, 7) is 3.14. The summed E-state index contributed by atoms with van der Waals surface area (Å²) in [5.74, 6) is -2.51. The second kappa shape index (κ2) is 9.62. The fraction of sp³-hybridized carbons (Fsp3) is 0.273. The summed E-state index contributed by atoms with van der Waals surface area (Å²) in [5, 5.41) is 2.87. The van der Waals surface area contributed by atoms with E-state index in [9.17, 15) is 19.2 Å². The summed E-state index contributed by atoms with van der Waals surface area (Å²) in [6, 6.07) is 10.2. The summed E-state index contributed by atoms with van der Waals surface area (Å²) in [4.78, 5) is 51.5. The third kappa shape index (κ3) is 5.14. The van der Waals surface area contributed by atoms with Gasteiger partial charge < -0.3 is 10.1 Å². The minimum atomic E-state index is -1.13. The lowest BCUT2D eigenvalue weighted by atomic mass is 10.0.